The van der Waals surface area contributed by atoms with Gasteiger partial charge in [-0.1, -0.05) is 52.3 Å². The Hall–Kier alpha value is -0.830. The average Bonchev–Trinajstić information content (AvgIpc) is 2.88. The number of aryl methyl sites for hydroxylation is 1. The van der Waals surface area contributed by atoms with Crippen LogP contribution in [0.4, 0.5) is 0 Å². The lowest BCUT2D eigenvalue weighted by molar-refractivity contribution is 0.134. The average molecular weight is 338 g/mol. The van der Waals surface area contributed by atoms with Crippen molar-refractivity contribution < 1.29 is 4.74 Å². The van der Waals surface area contributed by atoms with Gasteiger partial charge >= 0.3 is 0 Å². The van der Waals surface area contributed by atoms with Crippen LogP contribution in [0.3, 0.4) is 0 Å². The van der Waals surface area contributed by atoms with E-state index >= 15 is 0 Å². The Bertz CT molecular complexity index is 624. The van der Waals surface area contributed by atoms with Crippen LogP contribution in [0.2, 0.25) is 0 Å². The van der Waals surface area contributed by atoms with Gasteiger partial charge in [-0.25, -0.2) is 0 Å². The van der Waals surface area contributed by atoms with Crippen LogP contribution in [-0.2, 0) is 18.0 Å². The molecule has 0 bridgehead atoms. The van der Waals surface area contributed by atoms with Crippen molar-refractivity contribution in [2.75, 3.05) is 0 Å². The SMILES string of the molecule is Cc1cccc(C(Cl)c2ccc3c(c2)COC3)c1Br. The van der Waals surface area contributed by atoms with Gasteiger partial charge in [0.25, 0.3) is 0 Å². The molecule has 0 fully saturated rings. The topological polar surface area (TPSA) is 9.23 Å². The molecule has 19 heavy (non-hydrogen) atoms. The van der Waals surface area contributed by atoms with E-state index in [0.29, 0.717) is 6.61 Å². The van der Waals surface area contributed by atoms with Gasteiger partial charge in [-0.15, -0.1) is 11.6 Å². The molecule has 2 aromatic rings. The van der Waals surface area contributed by atoms with Crippen LogP contribution in [0, 0.1) is 6.92 Å². The second-order valence-corrected chi connectivity index (χ2v) is 6.09. The lowest BCUT2D eigenvalue weighted by atomic mass is 9.99. The first-order valence-electron chi connectivity index (χ1n) is 6.25. The second-order valence-electron chi connectivity index (χ2n) is 4.86. The summed E-state index contributed by atoms with van der Waals surface area (Å²) < 4.78 is 6.54. The van der Waals surface area contributed by atoms with Crippen LogP contribution < -0.4 is 0 Å². The maximum atomic E-state index is 6.64. The Morgan fingerprint density at radius 1 is 1.16 bits per heavy atom. The predicted octanol–water partition coefficient (Wildman–Crippen LogP) is 5.12. The number of ether oxygens (including phenoxy) is 1. The first-order valence-corrected chi connectivity index (χ1v) is 7.48. The highest BCUT2D eigenvalue weighted by molar-refractivity contribution is 9.10. The summed E-state index contributed by atoms with van der Waals surface area (Å²) in [6, 6.07) is 12.6. The Morgan fingerprint density at radius 3 is 2.79 bits per heavy atom. The molecule has 3 rings (SSSR count). The van der Waals surface area contributed by atoms with E-state index in [4.69, 9.17) is 16.3 Å². The van der Waals surface area contributed by atoms with E-state index in [-0.39, 0.29) is 5.38 Å². The molecule has 3 heteroatoms. The Balaban J connectivity index is 2.00. The molecule has 1 atom stereocenters. The van der Waals surface area contributed by atoms with Crippen molar-refractivity contribution in [2.45, 2.75) is 25.5 Å². The van der Waals surface area contributed by atoms with Crippen molar-refractivity contribution in [1.82, 2.24) is 0 Å². The van der Waals surface area contributed by atoms with Crippen LogP contribution in [0.1, 0.15) is 33.2 Å². The number of fused-ring (bicyclic) bond motifs is 1. The molecule has 1 nitrogen and oxygen atoms in total. The maximum absolute atomic E-state index is 6.64. The van der Waals surface area contributed by atoms with Crippen molar-refractivity contribution in [1.29, 1.82) is 0 Å². The number of hydrogen-bond acceptors (Lipinski definition) is 1. The summed E-state index contributed by atoms with van der Waals surface area (Å²) >= 11 is 10.3. The number of rotatable bonds is 2. The van der Waals surface area contributed by atoms with E-state index in [1.807, 2.05) is 6.07 Å². The van der Waals surface area contributed by atoms with Crippen LogP contribution in [0.5, 0.6) is 0 Å². The van der Waals surface area contributed by atoms with Gasteiger partial charge in [0.15, 0.2) is 0 Å². The molecule has 0 radical (unpaired) electrons. The van der Waals surface area contributed by atoms with Gasteiger partial charge in [-0.05, 0) is 34.7 Å². The fraction of sp³-hybridized carbons (Fsp3) is 0.250. The standard InChI is InChI=1S/C16H14BrClO/c1-10-3-2-4-14(15(10)17)16(18)11-5-6-12-8-19-9-13(12)7-11/h2-7,16H,8-9H2,1H3. The van der Waals surface area contributed by atoms with Crippen molar-refractivity contribution in [2.24, 2.45) is 0 Å². The molecule has 0 spiro atoms. The van der Waals surface area contributed by atoms with Crippen LogP contribution in [0.25, 0.3) is 0 Å². The van der Waals surface area contributed by atoms with E-state index in [1.54, 1.807) is 0 Å². The largest absolute Gasteiger partial charge is 0.372 e. The molecular formula is C16H14BrClO. The minimum Gasteiger partial charge on any atom is -0.372 e. The molecule has 2 aromatic carbocycles. The molecule has 1 aliphatic rings. The number of halogens is 2. The molecule has 0 aromatic heterocycles. The summed E-state index contributed by atoms with van der Waals surface area (Å²) in [6.07, 6.45) is 0. The van der Waals surface area contributed by atoms with Crippen molar-refractivity contribution in [3.05, 3.63) is 68.7 Å². The predicted molar refractivity (Wildman–Crippen MR) is 81.5 cm³/mol. The van der Waals surface area contributed by atoms with Crippen molar-refractivity contribution in [3.63, 3.8) is 0 Å². The second kappa shape index (κ2) is 5.28. The Labute approximate surface area is 126 Å². The smallest absolute Gasteiger partial charge is 0.0846 e. The molecule has 0 saturated carbocycles. The summed E-state index contributed by atoms with van der Waals surface area (Å²) in [6.45, 7) is 3.49. The van der Waals surface area contributed by atoms with E-state index in [2.05, 4.69) is 53.2 Å². The monoisotopic (exact) mass is 336 g/mol. The van der Waals surface area contributed by atoms with E-state index < -0.39 is 0 Å². The van der Waals surface area contributed by atoms with Crippen molar-refractivity contribution >= 4 is 27.5 Å². The van der Waals surface area contributed by atoms with E-state index in [1.165, 1.54) is 16.7 Å². The first-order chi connectivity index (χ1) is 9.16. The molecule has 1 heterocycles. The fourth-order valence-electron chi connectivity index (χ4n) is 2.40. The first kappa shape index (κ1) is 13.2. The highest BCUT2D eigenvalue weighted by atomic mass is 79.9. The Morgan fingerprint density at radius 2 is 1.95 bits per heavy atom. The highest BCUT2D eigenvalue weighted by Gasteiger charge is 2.18. The quantitative estimate of drug-likeness (QED) is 0.691. The number of hydrogen-bond donors (Lipinski definition) is 0. The number of alkyl halides is 1. The van der Waals surface area contributed by atoms with Crippen LogP contribution in [0.15, 0.2) is 40.9 Å². The minimum absolute atomic E-state index is 0.139. The summed E-state index contributed by atoms with van der Waals surface area (Å²) in [5.41, 5.74) is 5.97. The van der Waals surface area contributed by atoms with E-state index in [9.17, 15) is 0 Å². The maximum Gasteiger partial charge on any atom is 0.0846 e. The minimum atomic E-state index is -0.139. The third-order valence-corrected chi connectivity index (χ3v) is 5.10. The van der Waals surface area contributed by atoms with Gasteiger partial charge in [-0.3, -0.25) is 0 Å². The molecule has 98 valence electrons. The molecule has 1 unspecified atom stereocenters. The molecule has 0 N–H and O–H groups in total. The third kappa shape index (κ3) is 2.45. The van der Waals surface area contributed by atoms with Gasteiger partial charge in [0.2, 0.25) is 0 Å². The fourth-order valence-corrected chi connectivity index (χ4v) is 3.34. The molecule has 0 aliphatic carbocycles. The van der Waals surface area contributed by atoms with E-state index in [0.717, 1.165) is 22.2 Å². The zero-order valence-electron chi connectivity index (χ0n) is 10.6. The normalized spacial score (nSPS) is 15.3. The van der Waals surface area contributed by atoms with Gasteiger partial charge in [0.05, 0.1) is 18.6 Å². The lowest BCUT2D eigenvalue weighted by Gasteiger charge is -2.14. The zero-order chi connectivity index (χ0) is 13.4. The summed E-state index contributed by atoms with van der Waals surface area (Å²) in [5, 5.41) is -0.139. The van der Waals surface area contributed by atoms with Gasteiger partial charge in [0.1, 0.15) is 0 Å². The number of benzene rings is 2. The molecule has 0 amide bonds. The van der Waals surface area contributed by atoms with Crippen molar-refractivity contribution in [3.8, 4) is 0 Å². The summed E-state index contributed by atoms with van der Waals surface area (Å²) in [4.78, 5) is 0. The van der Waals surface area contributed by atoms with Gasteiger partial charge in [0, 0.05) is 4.47 Å². The molecule has 1 aliphatic heterocycles. The molecule has 0 saturated heterocycles. The van der Waals surface area contributed by atoms with Gasteiger partial charge in [-0.2, -0.15) is 0 Å². The zero-order valence-corrected chi connectivity index (χ0v) is 13.0. The third-order valence-electron chi connectivity index (χ3n) is 3.53. The highest BCUT2D eigenvalue weighted by Crippen LogP contribution is 2.36. The molecular weight excluding hydrogens is 324 g/mol. The van der Waals surface area contributed by atoms with Crippen LogP contribution >= 0.6 is 27.5 Å². The Kier molecular flexibility index (Phi) is 3.66. The lowest BCUT2D eigenvalue weighted by Crippen LogP contribution is -1.97. The summed E-state index contributed by atoms with van der Waals surface area (Å²) in [5.74, 6) is 0. The van der Waals surface area contributed by atoms with Crippen LogP contribution in [-0.4, -0.2) is 0 Å². The summed E-state index contributed by atoms with van der Waals surface area (Å²) in [7, 11) is 0. The van der Waals surface area contributed by atoms with Gasteiger partial charge < -0.3 is 4.74 Å².